The molecule has 0 heterocycles. The second kappa shape index (κ2) is 6.59. The minimum absolute atomic E-state index is 0.900. The predicted octanol–water partition coefficient (Wildman–Crippen LogP) is 5.13. The highest BCUT2D eigenvalue weighted by Gasteiger charge is 2.32. The van der Waals surface area contributed by atoms with Crippen LogP contribution in [0, 0.1) is 0 Å². The zero-order valence-corrected chi connectivity index (χ0v) is 16.3. The number of rotatable bonds is 4. The van der Waals surface area contributed by atoms with Crippen molar-refractivity contribution in [1.29, 1.82) is 0 Å². The Kier molecular flexibility index (Phi) is 5.55. The minimum Gasteiger partial charge on any atom is -0.234 e. The molecule has 0 unspecified atom stereocenters. The molecule has 1 aromatic rings. The fourth-order valence-electron chi connectivity index (χ4n) is 2.15. The van der Waals surface area contributed by atoms with Crippen LogP contribution in [0.4, 0.5) is 0 Å². The van der Waals surface area contributed by atoms with Crippen molar-refractivity contribution in [3.8, 4) is 0 Å². The van der Waals surface area contributed by atoms with Crippen molar-refractivity contribution in [1.82, 2.24) is 0 Å². The Morgan fingerprint density at radius 3 is 1.71 bits per heavy atom. The fourth-order valence-corrected chi connectivity index (χ4v) is 6.88. The van der Waals surface area contributed by atoms with Gasteiger partial charge in [0.15, 0.2) is 0 Å². The number of carbonyl (C=O) groups excluding carboxylic acids is 1. The normalized spacial score (nSPS) is 11.4. The van der Waals surface area contributed by atoms with Crippen LogP contribution in [0.25, 0.3) is 5.57 Å². The Balaban J connectivity index is 3.61. The average Bonchev–Trinajstić information content (AvgIpc) is 2.36. The molecule has 3 heteroatoms. The lowest BCUT2D eigenvalue weighted by Crippen LogP contribution is -2.35. The van der Waals surface area contributed by atoms with Crippen LogP contribution < -0.4 is 0 Å². The quantitative estimate of drug-likeness (QED) is 0.326. The molecule has 0 radical (unpaired) electrons. The third-order valence-electron chi connectivity index (χ3n) is 3.37. The van der Waals surface area contributed by atoms with E-state index in [0.717, 1.165) is 21.5 Å². The molecule has 0 amide bonds. The number of hydrogen-bond donors (Lipinski definition) is 0. The summed E-state index contributed by atoms with van der Waals surface area (Å²) in [6, 6.07) is 10.2. The number of hydrogen-bond acceptors (Lipinski definition) is 1. The van der Waals surface area contributed by atoms with Crippen LogP contribution in [0.1, 0.15) is 12.5 Å². The standard InChI is InChI=1S/C18H26OSi2/c1-15(16-11-9-8-10-12-16)13-17(20(2,3)4)18(14-19)21(5,6)7/h8-12H,1-7H3. The third-order valence-corrected chi connectivity index (χ3v) is 7.35. The van der Waals surface area contributed by atoms with Gasteiger partial charge in [0.1, 0.15) is 5.94 Å². The summed E-state index contributed by atoms with van der Waals surface area (Å²) >= 11 is 0. The highest BCUT2D eigenvalue weighted by molar-refractivity contribution is 6.93. The maximum absolute atomic E-state index is 11.6. The van der Waals surface area contributed by atoms with Crippen LogP contribution in [0.2, 0.25) is 39.3 Å². The summed E-state index contributed by atoms with van der Waals surface area (Å²) in [6.45, 7) is 15.5. The van der Waals surface area contributed by atoms with Gasteiger partial charge in [-0.15, -0.1) is 5.73 Å². The summed E-state index contributed by atoms with van der Waals surface area (Å²) in [6.07, 6.45) is 0. The van der Waals surface area contributed by atoms with Gasteiger partial charge in [0, 0.05) is 5.20 Å². The molecule has 112 valence electrons. The van der Waals surface area contributed by atoms with Crippen LogP contribution in [-0.4, -0.2) is 22.1 Å². The van der Waals surface area contributed by atoms with Gasteiger partial charge in [0.05, 0.1) is 16.1 Å². The lowest BCUT2D eigenvalue weighted by Gasteiger charge is -2.26. The molecule has 0 aliphatic carbocycles. The SMILES string of the molecule is CC(=C=C(C(=C=O)[Si](C)(C)C)[Si](C)(C)C)c1ccccc1. The van der Waals surface area contributed by atoms with E-state index in [1.54, 1.807) is 0 Å². The zero-order valence-electron chi connectivity index (χ0n) is 14.3. The van der Waals surface area contributed by atoms with Crippen molar-refractivity contribution in [3.05, 3.63) is 52.0 Å². The first kappa shape index (κ1) is 17.7. The van der Waals surface area contributed by atoms with Gasteiger partial charge in [-0.3, -0.25) is 0 Å². The van der Waals surface area contributed by atoms with Gasteiger partial charge in [-0.2, -0.15) is 0 Å². The van der Waals surface area contributed by atoms with Crippen molar-refractivity contribution < 1.29 is 4.79 Å². The van der Waals surface area contributed by atoms with E-state index in [1.807, 2.05) is 18.2 Å². The topological polar surface area (TPSA) is 17.1 Å². The van der Waals surface area contributed by atoms with E-state index in [0.29, 0.717) is 0 Å². The maximum atomic E-state index is 11.6. The van der Waals surface area contributed by atoms with Crippen molar-refractivity contribution in [2.75, 3.05) is 0 Å². The molecule has 0 aromatic heterocycles. The van der Waals surface area contributed by atoms with Crippen molar-refractivity contribution in [2.45, 2.75) is 46.2 Å². The van der Waals surface area contributed by atoms with E-state index in [2.05, 4.69) is 70.0 Å². The molecule has 1 nitrogen and oxygen atoms in total. The molecule has 1 aromatic carbocycles. The molecule has 0 bridgehead atoms. The molecular weight excluding hydrogens is 288 g/mol. The lowest BCUT2D eigenvalue weighted by atomic mass is 10.1. The van der Waals surface area contributed by atoms with Crippen LogP contribution in [0.3, 0.4) is 0 Å². The Hall–Kier alpha value is -1.38. The smallest absolute Gasteiger partial charge is 0.123 e. The summed E-state index contributed by atoms with van der Waals surface area (Å²) in [5.41, 5.74) is 5.82. The maximum Gasteiger partial charge on any atom is 0.123 e. The first-order chi connectivity index (χ1) is 9.57. The second-order valence-electron chi connectivity index (χ2n) is 7.47. The predicted molar refractivity (Wildman–Crippen MR) is 98.4 cm³/mol. The second-order valence-corrected chi connectivity index (χ2v) is 17.5. The van der Waals surface area contributed by atoms with Gasteiger partial charge in [0.2, 0.25) is 0 Å². The molecule has 0 aliphatic rings. The van der Waals surface area contributed by atoms with Crippen LogP contribution in [0.15, 0.2) is 46.5 Å². The highest BCUT2D eigenvalue weighted by atomic mass is 28.3. The van der Waals surface area contributed by atoms with Gasteiger partial charge in [-0.25, -0.2) is 4.79 Å². The molecule has 21 heavy (non-hydrogen) atoms. The molecule has 0 spiro atoms. The molecule has 0 saturated heterocycles. The summed E-state index contributed by atoms with van der Waals surface area (Å²) in [7, 11) is -3.37. The van der Waals surface area contributed by atoms with Crippen molar-refractivity contribution in [3.63, 3.8) is 0 Å². The van der Waals surface area contributed by atoms with Gasteiger partial charge < -0.3 is 0 Å². The van der Waals surface area contributed by atoms with Crippen molar-refractivity contribution in [2.24, 2.45) is 0 Å². The van der Waals surface area contributed by atoms with Crippen LogP contribution >= 0.6 is 0 Å². The molecular formula is C18H26OSi2. The summed E-state index contributed by atoms with van der Waals surface area (Å²) in [4.78, 5) is 11.6. The minimum atomic E-state index is -1.71. The van der Waals surface area contributed by atoms with Crippen molar-refractivity contribution >= 4 is 27.7 Å². The Bertz CT molecular complexity index is 615. The van der Waals surface area contributed by atoms with Gasteiger partial charge in [0.25, 0.3) is 0 Å². The van der Waals surface area contributed by atoms with Gasteiger partial charge in [-0.1, -0.05) is 69.6 Å². The van der Waals surface area contributed by atoms with Gasteiger partial charge in [-0.05, 0) is 23.3 Å². The Morgan fingerprint density at radius 2 is 1.33 bits per heavy atom. The van der Waals surface area contributed by atoms with Crippen LogP contribution in [-0.2, 0) is 4.79 Å². The molecule has 0 saturated carbocycles. The Labute approximate surface area is 131 Å². The fraction of sp³-hybridized carbons (Fsp3) is 0.389. The molecule has 0 fully saturated rings. The third kappa shape index (κ3) is 4.84. The first-order valence-electron chi connectivity index (χ1n) is 7.36. The highest BCUT2D eigenvalue weighted by Crippen LogP contribution is 2.28. The van der Waals surface area contributed by atoms with E-state index < -0.39 is 16.1 Å². The monoisotopic (exact) mass is 314 g/mol. The average molecular weight is 315 g/mol. The zero-order chi connectivity index (χ0) is 16.3. The number of benzene rings is 1. The first-order valence-corrected chi connectivity index (χ1v) is 14.4. The van der Waals surface area contributed by atoms with E-state index in [4.69, 9.17) is 0 Å². The number of allylic oxidation sites excluding steroid dienone is 2. The molecule has 0 atom stereocenters. The summed E-state index contributed by atoms with van der Waals surface area (Å²) in [5, 5.41) is 2.04. The summed E-state index contributed by atoms with van der Waals surface area (Å²) in [5.74, 6) is 2.26. The molecule has 0 aliphatic heterocycles. The van der Waals surface area contributed by atoms with E-state index >= 15 is 0 Å². The van der Waals surface area contributed by atoms with Crippen LogP contribution in [0.5, 0.6) is 0 Å². The molecule has 1 rings (SSSR count). The summed E-state index contributed by atoms with van der Waals surface area (Å²) < 4.78 is 0. The Morgan fingerprint density at radius 1 is 0.857 bits per heavy atom. The van der Waals surface area contributed by atoms with E-state index in [1.165, 1.54) is 0 Å². The van der Waals surface area contributed by atoms with E-state index in [9.17, 15) is 4.79 Å². The lowest BCUT2D eigenvalue weighted by molar-refractivity contribution is 0.568. The molecule has 0 N–H and O–H groups in total. The van der Waals surface area contributed by atoms with E-state index in [-0.39, 0.29) is 0 Å². The van der Waals surface area contributed by atoms with Gasteiger partial charge >= 0.3 is 0 Å². The largest absolute Gasteiger partial charge is 0.234 e.